The summed E-state index contributed by atoms with van der Waals surface area (Å²) < 4.78 is 1.69. The van der Waals surface area contributed by atoms with Crippen molar-refractivity contribution in [3.63, 3.8) is 0 Å². The number of nitrogens with zero attached hydrogens (tertiary/aromatic N) is 4. The van der Waals surface area contributed by atoms with E-state index in [0.717, 1.165) is 43.4 Å². The number of fused-ring (bicyclic) bond motifs is 1. The molecule has 0 saturated heterocycles. The number of aryl methyl sites for hydroxylation is 1. The Morgan fingerprint density at radius 3 is 2.44 bits per heavy atom. The molecule has 174 valence electrons. The lowest BCUT2D eigenvalue weighted by molar-refractivity contribution is -0.119. The first-order chi connectivity index (χ1) is 15.4. The molecule has 0 fully saturated rings. The van der Waals surface area contributed by atoms with Gasteiger partial charge < -0.3 is 9.80 Å². The van der Waals surface area contributed by atoms with Crippen LogP contribution in [0.1, 0.15) is 75.3 Å². The van der Waals surface area contributed by atoms with E-state index in [1.807, 2.05) is 41.0 Å². The molecule has 1 aliphatic heterocycles. The molecule has 3 rings (SSSR count). The minimum atomic E-state index is -0.158. The van der Waals surface area contributed by atoms with Crippen LogP contribution in [0.15, 0.2) is 30.5 Å². The molecule has 0 bridgehead atoms. The zero-order chi connectivity index (χ0) is 23.1. The third kappa shape index (κ3) is 6.12. The van der Waals surface area contributed by atoms with Crippen molar-refractivity contribution in [3.05, 3.63) is 46.7 Å². The van der Waals surface area contributed by atoms with Gasteiger partial charge in [-0.2, -0.15) is 5.10 Å². The van der Waals surface area contributed by atoms with Gasteiger partial charge in [-0.05, 0) is 37.3 Å². The first-order valence-corrected chi connectivity index (χ1v) is 12.2. The number of rotatable bonds is 4. The van der Waals surface area contributed by atoms with Crippen LogP contribution in [0.25, 0.3) is 0 Å². The maximum atomic E-state index is 13.4. The fourth-order valence-electron chi connectivity index (χ4n) is 4.16. The molecule has 0 saturated carbocycles. The van der Waals surface area contributed by atoms with Crippen LogP contribution in [0.2, 0.25) is 5.02 Å². The van der Waals surface area contributed by atoms with Crippen LogP contribution in [0.4, 0.5) is 5.69 Å². The number of benzene rings is 1. The summed E-state index contributed by atoms with van der Waals surface area (Å²) in [5.41, 5.74) is 2.18. The van der Waals surface area contributed by atoms with Gasteiger partial charge in [0.15, 0.2) is 5.69 Å². The second kappa shape index (κ2) is 11.5. The Bertz CT molecular complexity index is 924. The van der Waals surface area contributed by atoms with E-state index >= 15 is 0 Å². The fourth-order valence-corrected chi connectivity index (χ4v) is 4.39. The predicted molar refractivity (Wildman–Crippen MR) is 129 cm³/mol. The van der Waals surface area contributed by atoms with E-state index in [0.29, 0.717) is 49.2 Å². The summed E-state index contributed by atoms with van der Waals surface area (Å²) in [6.07, 6.45) is 7.38. The van der Waals surface area contributed by atoms with Gasteiger partial charge in [0.25, 0.3) is 5.91 Å². The van der Waals surface area contributed by atoms with Crippen molar-refractivity contribution < 1.29 is 9.59 Å². The van der Waals surface area contributed by atoms with Gasteiger partial charge in [-0.25, -0.2) is 0 Å². The van der Waals surface area contributed by atoms with Gasteiger partial charge in [0.2, 0.25) is 5.91 Å². The van der Waals surface area contributed by atoms with E-state index in [2.05, 4.69) is 18.9 Å². The average Bonchev–Trinajstić information content (AvgIpc) is 3.14. The number of hydrogen-bond acceptors (Lipinski definition) is 3. The van der Waals surface area contributed by atoms with Gasteiger partial charge in [-0.15, -0.1) is 0 Å². The summed E-state index contributed by atoms with van der Waals surface area (Å²) in [5, 5.41) is 4.77. The first kappa shape index (κ1) is 24.3. The molecule has 0 spiro atoms. The number of halogens is 1. The number of hydrogen-bond donors (Lipinski definition) is 0. The molecule has 0 aliphatic carbocycles. The Kier molecular flexibility index (Phi) is 8.74. The van der Waals surface area contributed by atoms with Crippen LogP contribution >= 0.6 is 11.6 Å². The van der Waals surface area contributed by atoms with Gasteiger partial charge in [-0.3, -0.25) is 14.3 Å². The van der Waals surface area contributed by atoms with Crippen LogP contribution < -0.4 is 4.90 Å². The summed E-state index contributed by atoms with van der Waals surface area (Å²) in [6.45, 7) is 8.54. The first-order valence-electron chi connectivity index (χ1n) is 11.8. The molecule has 1 aromatic heterocycles. The van der Waals surface area contributed by atoms with Crippen LogP contribution in [0.5, 0.6) is 0 Å². The quantitative estimate of drug-likeness (QED) is 0.604. The summed E-state index contributed by atoms with van der Waals surface area (Å²) in [4.78, 5) is 30.3. The second-order valence-corrected chi connectivity index (χ2v) is 9.36. The summed E-state index contributed by atoms with van der Waals surface area (Å²) >= 11 is 6.35. The van der Waals surface area contributed by atoms with E-state index in [1.165, 1.54) is 0 Å². The van der Waals surface area contributed by atoms with E-state index in [-0.39, 0.29) is 11.8 Å². The highest BCUT2D eigenvalue weighted by Crippen LogP contribution is 2.27. The minimum Gasteiger partial charge on any atom is -0.333 e. The molecule has 0 radical (unpaired) electrons. The molecule has 7 heteroatoms. The second-order valence-electron chi connectivity index (χ2n) is 8.95. The van der Waals surface area contributed by atoms with E-state index < -0.39 is 0 Å². The van der Waals surface area contributed by atoms with Crippen molar-refractivity contribution in [2.75, 3.05) is 18.0 Å². The lowest BCUT2D eigenvalue weighted by Crippen LogP contribution is -2.36. The Balaban J connectivity index is 1.95. The topological polar surface area (TPSA) is 58.4 Å². The number of carbonyl (C=O) groups is 2. The molecular weight excluding hydrogens is 424 g/mol. The van der Waals surface area contributed by atoms with Gasteiger partial charge >= 0.3 is 0 Å². The monoisotopic (exact) mass is 458 g/mol. The van der Waals surface area contributed by atoms with Crippen molar-refractivity contribution in [2.24, 2.45) is 5.92 Å². The minimum absolute atomic E-state index is 0.145. The Labute approximate surface area is 196 Å². The third-order valence-corrected chi connectivity index (χ3v) is 6.14. The standard InChI is InChI=1S/C25H35ClN4O2/c1-4-29-18-21(26)24(27-29)25(32)28-14-10-6-5-7-11-15-30(23(31)16-19(2)3)22-13-9-8-12-20(22)17-28/h8-9,12-13,18-19H,4-7,10-11,14-17H2,1-3H3. The van der Waals surface area contributed by atoms with Crippen molar-refractivity contribution in [1.82, 2.24) is 14.7 Å². The Morgan fingerprint density at radius 1 is 1.06 bits per heavy atom. The highest BCUT2D eigenvalue weighted by Gasteiger charge is 2.25. The van der Waals surface area contributed by atoms with Gasteiger partial charge in [-0.1, -0.05) is 62.9 Å². The maximum absolute atomic E-state index is 13.4. The highest BCUT2D eigenvalue weighted by molar-refractivity contribution is 6.33. The zero-order valence-corrected chi connectivity index (χ0v) is 20.3. The van der Waals surface area contributed by atoms with E-state index in [4.69, 9.17) is 11.6 Å². The summed E-state index contributed by atoms with van der Waals surface area (Å²) in [5.74, 6) is 0.283. The largest absolute Gasteiger partial charge is 0.333 e. The fraction of sp³-hybridized carbons (Fsp3) is 0.560. The lowest BCUT2D eigenvalue weighted by atomic mass is 10.0. The predicted octanol–water partition coefficient (Wildman–Crippen LogP) is 5.54. The molecule has 0 N–H and O–H groups in total. The van der Waals surface area contributed by atoms with E-state index in [9.17, 15) is 9.59 Å². The normalized spacial score (nSPS) is 15.8. The van der Waals surface area contributed by atoms with Crippen LogP contribution in [0, 0.1) is 5.92 Å². The average molecular weight is 459 g/mol. The molecule has 1 aromatic carbocycles. The van der Waals surface area contributed by atoms with Crippen molar-refractivity contribution in [2.45, 2.75) is 72.4 Å². The number of amides is 2. The molecule has 32 heavy (non-hydrogen) atoms. The van der Waals surface area contributed by atoms with E-state index in [1.54, 1.807) is 10.9 Å². The smallest absolute Gasteiger partial charge is 0.276 e. The van der Waals surface area contributed by atoms with Crippen LogP contribution in [0.3, 0.4) is 0 Å². The van der Waals surface area contributed by atoms with Crippen LogP contribution in [-0.4, -0.2) is 39.6 Å². The lowest BCUT2D eigenvalue weighted by Gasteiger charge is -2.29. The molecule has 1 aliphatic rings. The summed E-state index contributed by atoms with van der Waals surface area (Å²) in [7, 11) is 0. The van der Waals surface area contributed by atoms with Crippen LogP contribution in [-0.2, 0) is 17.9 Å². The number of aromatic nitrogens is 2. The molecular formula is C25H35ClN4O2. The molecule has 2 amide bonds. The van der Waals surface area contributed by atoms with Crippen molar-refractivity contribution in [3.8, 4) is 0 Å². The van der Waals surface area contributed by atoms with Gasteiger partial charge in [0, 0.05) is 44.5 Å². The van der Waals surface area contributed by atoms with Crippen molar-refractivity contribution >= 4 is 29.1 Å². The molecule has 2 aromatic rings. The van der Waals surface area contributed by atoms with Gasteiger partial charge in [0.1, 0.15) is 0 Å². The number of anilines is 1. The zero-order valence-electron chi connectivity index (χ0n) is 19.5. The SMILES string of the molecule is CCn1cc(Cl)c(C(=O)N2CCCCCCCN(C(=O)CC(C)C)c3ccccc3C2)n1. The Morgan fingerprint density at radius 2 is 1.75 bits per heavy atom. The molecule has 6 nitrogen and oxygen atoms in total. The number of para-hydroxylation sites is 1. The maximum Gasteiger partial charge on any atom is 0.276 e. The van der Waals surface area contributed by atoms with Gasteiger partial charge in [0.05, 0.1) is 5.02 Å². The van der Waals surface area contributed by atoms with Crippen molar-refractivity contribution in [1.29, 1.82) is 0 Å². The molecule has 2 heterocycles. The molecule has 0 unspecified atom stereocenters. The Hall–Kier alpha value is -2.34. The highest BCUT2D eigenvalue weighted by atomic mass is 35.5. The molecule has 0 atom stereocenters. The third-order valence-electron chi connectivity index (χ3n) is 5.87. The summed E-state index contributed by atoms with van der Waals surface area (Å²) in [6, 6.07) is 7.95. The number of carbonyl (C=O) groups excluding carboxylic acids is 2.